The van der Waals surface area contributed by atoms with Crippen LogP contribution in [-0.2, 0) is 19.1 Å². The summed E-state index contributed by atoms with van der Waals surface area (Å²) < 4.78 is 11.9. The molecule has 7 nitrogen and oxygen atoms in total. The second-order valence-corrected chi connectivity index (χ2v) is 9.45. The lowest BCUT2D eigenvalue weighted by molar-refractivity contribution is -0.148. The van der Waals surface area contributed by atoms with Gasteiger partial charge in [0.25, 0.3) is 0 Å². The van der Waals surface area contributed by atoms with Gasteiger partial charge >= 0.3 is 0 Å². The number of furan rings is 1. The minimum absolute atomic E-state index is 0.0887. The Hall–Kier alpha value is -2.41. The molecule has 3 fully saturated rings. The van der Waals surface area contributed by atoms with Gasteiger partial charge in [0.05, 0.1) is 36.3 Å². The number of rotatable bonds is 5. The maximum Gasteiger partial charge on any atom is 0.230 e. The van der Waals surface area contributed by atoms with E-state index in [1.54, 1.807) is 23.3 Å². The minimum Gasteiger partial charge on any atom is -0.467 e. The molecule has 0 saturated carbocycles. The zero-order valence-corrected chi connectivity index (χ0v) is 17.5. The fourth-order valence-corrected chi connectivity index (χ4v) is 5.86. The molecule has 5 rings (SSSR count). The number of hydrogen-bond acceptors (Lipinski definition) is 5. The van der Waals surface area contributed by atoms with E-state index in [1.165, 1.54) is 0 Å². The fraction of sp³-hybridized carbons (Fsp3) is 0.609. The van der Waals surface area contributed by atoms with Gasteiger partial charge in [-0.15, -0.1) is 0 Å². The van der Waals surface area contributed by atoms with Crippen molar-refractivity contribution in [1.82, 2.24) is 10.2 Å². The maximum absolute atomic E-state index is 13.7. The number of ketones is 1. The van der Waals surface area contributed by atoms with E-state index in [-0.39, 0.29) is 29.9 Å². The number of piperidine rings is 1. The zero-order valence-electron chi connectivity index (χ0n) is 17.5. The average Bonchev–Trinajstić information content (AvgIpc) is 3.46. The molecule has 5 heterocycles. The lowest BCUT2D eigenvalue weighted by Gasteiger charge is -2.43. The Morgan fingerprint density at radius 1 is 1.37 bits per heavy atom. The van der Waals surface area contributed by atoms with Crippen molar-refractivity contribution in [2.45, 2.75) is 57.4 Å². The van der Waals surface area contributed by atoms with Crippen LogP contribution in [0.25, 0.3) is 0 Å². The van der Waals surface area contributed by atoms with Crippen molar-refractivity contribution in [1.29, 1.82) is 0 Å². The number of amides is 2. The molecule has 2 amide bonds. The first kappa shape index (κ1) is 19.5. The van der Waals surface area contributed by atoms with Crippen LogP contribution >= 0.6 is 0 Å². The highest BCUT2D eigenvalue weighted by Crippen LogP contribution is 2.59. The Labute approximate surface area is 175 Å². The van der Waals surface area contributed by atoms with Crippen molar-refractivity contribution in [3.8, 4) is 0 Å². The summed E-state index contributed by atoms with van der Waals surface area (Å²) in [6.45, 7) is 6.66. The zero-order chi connectivity index (χ0) is 21.2. The van der Waals surface area contributed by atoms with E-state index in [9.17, 15) is 14.4 Å². The molecule has 0 aliphatic carbocycles. The van der Waals surface area contributed by atoms with Crippen molar-refractivity contribution in [2.24, 2.45) is 23.7 Å². The summed E-state index contributed by atoms with van der Waals surface area (Å²) in [6.07, 6.45) is 6.05. The van der Waals surface area contributed by atoms with Crippen molar-refractivity contribution < 1.29 is 23.5 Å². The van der Waals surface area contributed by atoms with Gasteiger partial charge in [0.15, 0.2) is 0 Å². The first-order chi connectivity index (χ1) is 14.3. The molecule has 1 N–H and O–H groups in total. The lowest BCUT2D eigenvalue weighted by Crippen LogP contribution is -2.55. The largest absolute Gasteiger partial charge is 0.467 e. The molecule has 0 radical (unpaired) electrons. The maximum atomic E-state index is 13.7. The van der Waals surface area contributed by atoms with E-state index < -0.39 is 35.6 Å². The average molecular weight is 412 g/mol. The molecule has 4 aliphatic rings. The SMILES string of the molecule is CC(C)CCNC(=O)[C@H]1[C@H]2C=C[C@@]3(O2)[C@@H]2[C@@H](C)C(=O)C[C@@H](c4ccco4)N2C(=O)[C@@H]13. The molecule has 1 aromatic heterocycles. The topological polar surface area (TPSA) is 88.8 Å². The molecule has 3 saturated heterocycles. The molecule has 2 bridgehead atoms. The number of nitrogens with one attached hydrogen (secondary N) is 1. The molecular weight excluding hydrogens is 384 g/mol. The van der Waals surface area contributed by atoms with Crippen molar-refractivity contribution in [2.75, 3.05) is 6.54 Å². The van der Waals surface area contributed by atoms with Crippen LogP contribution < -0.4 is 5.32 Å². The van der Waals surface area contributed by atoms with Crippen LogP contribution in [0.1, 0.15) is 45.4 Å². The summed E-state index contributed by atoms with van der Waals surface area (Å²) in [5.41, 5.74) is -0.928. The highest BCUT2D eigenvalue weighted by Gasteiger charge is 2.74. The number of carbonyl (C=O) groups is 3. The molecule has 4 aliphatic heterocycles. The number of nitrogens with zero attached hydrogens (tertiary/aromatic N) is 1. The van der Waals surface area contributed by atoms with Crippen LogP contribution in [0.3, 0.4) is 0 Å². The van der Waals surface area contributed by atoms with Crippen molar-refractivity contribution in [3.05, 3.63) is 36.3 Å². The van der Waals surface area contributed by atoms with Gasteiger partial charge in [0, 0.05) is 18.9 Å². The van der Waals surface area contributed by atoms with Gasteiger partial charge in [-0.25, -0.2) is 0 Å². The number of ether oxygens (including phenoxy) is 1. The number of carbonyl (C=O) groups excluding carboxylic acids is 3. The van der Waals surface area contributed by atoms with Crippen molar-refractivity contribution >= 4 is 17.6 Å². The van der Waals surface area contributed by atoms with Gasteiger partial charge in [-0.2, -0.15) is 0 Å². The van der Waals surface area contributed by atoms with Crippen LogP contribution in [0, 0.1) is 23.7 Å². The van der Waals surface area contributed by atoms with Crippen LogP contribution in [0.4, 0.5) is 0 Å². The summed E-state index contributed by atoms with van der Waals surface area (Å²) in [5, 5.41) is 3.00. The van der Waals surface area contributed by atoms with Gasteiger partial charge < -0.3 is 19.4 Å². The molecular formula is C23H28N2O5. The van der Waals surface area contributed by atoms with Crippen LogP contribution in [-0.4, -0.2) is 46.8 Å². The second-order valence-electron chi connectivity index (χ2n) is 9.45. The highest BCUT2D eigenvalue weighted by atomic mass is 16.5. The lowest BCUT2D eigenvalue weighted by atomic mass is 9.70. The molecule has 1 spiro atoms. The van der Waals surface area contributed by atoms with E-state index in [0.717, 1.165) is 6.42 Å². The van der Waals surface area contributed by atoms with Crippen LogP contribution in [0.5, 0.6) is 0 Å². The number of Topliss-reactive ketones (excluding diaryl/α,β-unsaturated/α-hetero) is 1. The van der Waals surface area contributed by atoms with E-state index in [2.05, 4.69) is 19.2 Å². The molecule has 7 heteroatoms. The standard InChI is InChI=1S/C23H28N2O5/c1-12(2)7-9-24-21(27)18-17-6-8-23(30-17)19(18)22(28)25-14(16-5-4-10-29-16)11-15(26)13(3)20(23)25/h4-6,8,10,12-14,17-20H,7,9,11H2,1-3H3,(H,24,27)/t13-,14-,17+,18-,19+,20-,23-/m0/s1. The van der Waals surface area contributed by atoms with Crippen LogP contribution in [0.15, 0.2) is 35.0 Å². The van der Waals surface area contributed by atoms with Gasteiger partial charge in [-0.1, -0.05) is 32.9 Å². The summed E-state index contributed by atoms with van der Waals surface area (Å²) >= 11 is 0. The molecule has 160 valence electrons. The third-order valence-corrected chi connectivity index (χ3v) is 7.28. The van der Waals surface area contributed by atoms with Gasteiger partial charge in [-0.05, 0) is 24.5 Å². The molecule has 0 aromatic carbocycles. The van der Waals surface area contributed by atoms with E-state index in [4.69, 9.17) is 9.15 Å². The third kappa shape index (κ3) is 2.57. The normalized spacial score (nSPS) is 39.0. The predicted molar refractivity (Wildman–Crippen MR) is 107 cm³/mol. The smallest absolute Gasteiger partial charge is 0.230 e. The summed E-state index contributed by atoms with van der Waals surface area (Å²) in [7, 11) is 0. The van der Waals surface area contributed by atoms with Gasteiger partial charge in [-0.3, -0.25) is 14.4 Å². The Balaban J connectivity index is 1.49. The second kappa shape index (κ2) is 6.80. The fourth-order valence-electron chi connectivity index (χ4n) is 5.86. The van der Waals surface area contributed by atoms with E-state index in [0.29, 0.717) is 18.2 Å². The molecule has 0 unspecified atom stereocenters. The van der Waals surface area contributed by atoms with Crippen LogP contribution in [0.2, 0.25) is 0 Å². The Kier molecular flexibility index (Phi) is 4.43. The monoisotopic (exact) mass is 412 g/mol. The van der Waals surface area contributed by atoms with E-state index >= 15 is 0 Å². The van der Waals surface area contributed by atoms with Crippen molar-refractivity contribution in [3.63, 3.8) is 0 Å². The van der Waals surface area contributed by atoms with Gasteiger partial charge in [0.2, 0.25) is 11.8 Å². The highest BCUT2D eigenvalue weighted by molar-refractivity contribution is 5.96. The summed E-state index contributed by atoms with van der Waals surface area (Å²) in [4.78, 5) is 41.5. The molecule has 30 heavy (non-hydrogen) atoms. The molecule has 1 aromatic rings. The quantitative estimate of drug-likeness (QED) is 0.750. The summed E-state index contributed by atoms with van der Waals surface area (Å²) in [5.74, 6) is -0.628. The van der Waals surface area contributed by atoms with Gasteiger partial charge in [0.1, 0.15) is 17.1 Å². The molecule has 7 atom stereocenters. The summed E-state index contributed by atoms with van der Waals surface area (Å²) in [6, 6.07) is 2.68. The predicted octanol–water partition coefficient (Wildman–Crippen LogP) is 2.24. The van der Waals surface area contributed by atoms with E-state index in [1.807, 2.05) is 19.1 Å². The first-order valence-electron chi connectivity index (χ1n) is 10.9. The third-order valence-electron chi connectivity index (χ3n) is 7.28. The Bertz CT molecular complexity index is 907. The Morgan fingerprint density at radius 3 is 2.87 bits per heavy atom. The minimum atomic E-state index is -0.928. The Morgan fingerprint density at radius 2 is 2.17 bits per heavy atom. The number of hydrogen-bond donors (Lipinski definition) is 1. The first-order valence-corrected chi connectivity index (χ1v) is 10.9. The number of fused-ring (bicyclic) bond motifs is 2.